The van der Waals surface area contributed by atoms with E-state index in [2.05, 4.69) is 9.44 Å². The second-order valence-corrected chi connectivity index (χ2v) is 5.68. The van der Waals surface area contributed by atoms with Crippen LogP contribution in [-0.2, 0) is 10.2 Å². The van der Waals surface area contributed by atoms with Crippen LogP contribution in [0.1, 0.15) is 34.1 Å². The quantitative estimate of drug-likeness (QED) is 0.593. The molecule has 0 rings (SSSR count). The smallest absolute Gasteiger partial charge is 0.277 e. The maximum absolute atomic E-state index is 11.4. The Labute approximate surface area is 86.1 Å². The van der Waals surface area contributed by atoms with Crippen molar-refractivity contribution in [2.75, 3.05) is 6.61 Å². The Morgan fingerprint density at radius 1 is 1.36 bits per heavy atom. The van der Waals surface area contributed by atoms with Crippen LogP contribution in [0.15, 0.2) is 0 Å². The Balaban J connectivity index is 4.35. The van der Waals surface area contributed by atoms with Crippen LogP contribution in [0.25, 0.3) is 0 Å². The van der Waals surface area contributed by atoms with Crippen molar-refractivity contribution in [3.05, 3.63) is 0 Å². The SMILES string of the molecule is CC(C)NS(=O)(=O)NC(C)(C)CCO. The fourth-order valence-corrected chi connectivity index (χ4v) is 2.54. The summed E-state index contributed by atoms with van der Waals surface area (Å²) >= 11 is 0. The third kappa shape index (κ3) is 6.31. The second kappa shape index (κ2) is 5.06. The van der Waals surface area contributed by atoms with Crippen molar-refractivity contribution in [1.82, 2.24) is 9.44 Å². The van der Waals surface area contributed by atoms with Gasteiger partial charge in [-0.05, 0) is 34.1 Å². The predicted octanol–water partition coefficient (Wildman–Crippen LogP) is -0.0202. The van der Waals surface area contributed by atoms with E-state index in [-0.39, 0.29) is 12.6 Å². The molecule has 0 fully saturated rings. The zero-order chi connectivity index (χ0) is 11.4. The van der Waals surface area contributed by atoms with Crippen LogP contribution in [0.4, 0.5) is 0 Å². The van der Waals surface area contributed by atoms with Crippen LogP contribution in [-0.4, -0.2) is 31.7 Å². The second-order valence-electron chi connectivity index (χ2n) is 4.24. The maximum Gasteiger partial charge on any atom is 0.277 e. The number of aliphatic hydroxyl groups excluding tert-OH is 1. The number of nitrogens with one attached hydrogen (secondary N) is 2. The molecule has 0 aliphatic rings. The molecule has 0 amide bonds. The summed E-state index contributed by atoms with van der Waals surface area (Å²) in [6, 6.07) is -0.141. The molecule has 14 heavy (non-hydrogen) atoms. The molecule has 5 nitrogen and oxygen atoms in total. The minimum atomic E-state index is -3.47. The first-order chi connectivity index (χ1) is 6.18. The molecule has 0 saturated heterocycles. The molecular formula is C8H20N2O3S. The van der Waals surface area contributed by atoms with Crippen LogP contribution in [0, 0.1) is 0 Å². The number of rotatable bonds is 6. The minimum absolute atomic E-state index is 0.0444. The highest BCUT2D eigenvalue weighted by Crippen LogP contribution is 2.08. The van der Waals surface area contributed by atoms with Gasteiger partial charge in [-0.15, -0.1) is 0 Å². The topological polar surface area (TPSA) is 78.4 Å². The summed E-state index contributed by atoms with van der Waals surface area (Å²) < 4.78 is 27.7. The van der Waals surface area contributed by atoms with Gasteiger partial charge in [0.2, 0.25) is 0 Å². The molecule has 0 spiro atoms. The van der Waals surface area contributed by atoms with E-state index in [0.29, 0.717) is 6.42 Å². The van der Waals surface area contributed by atoms with Gasteiger partial charge in [-0.2, -0.15) is 17.9 Å². The van der Waals surface area contributed by atoms with Gasteiger partial charge in [0.1, 0.15) is 0 Å². The first kappa shape index (κ1) is 13.8. The molecule has 0 saturated carbocycles. The van der Waals surface area contributed by atoms with Gasteiger partial charge < -0.3 is 5.11 Å². The molecule has 0 aliphatic heterocycles. The lowest BCUT2D eigenvalue weighted by Crippen LogP contribution is -2.50. The molecule has 6 heteroatoms. The average molecular weight is 224 g/mol. The highest BCUT2D eigenvalue weighted by Gasteiger charge is 2.24. The van der Waals surface area contributed by atoms with Crippen LogP contribution >= 0.6 is 0 Å². The molecule has 0 atom stereocenters. The highest BCUT2D eigenvalue weighted by atomic mass is 32.2. The minimum Gasteiger partial charge on any atom is -0.396 e. The van der Waals surface area contributed by atoms with Gasteiger partial charge >= 0.3 is 0 Å². The Kier molecular flexibility index (Phi) is 5.00. The van der Waals surface area contributed by atoms with Crippen molar-refractivity contribution in [2.45, 2.75) is 45.7 Å². The third-order valence-electron chi connectivity index (χ3n) is 1.54. The van der Waals surface area contributed by atoms with Gasteiger partial charge in [0.05, 0.1) is 0 Å². The molecule has 0 aromatic heterocycles. The van der Waals surface area contributed by atoms with Crippen molar-refractivity contribution in [3.8, 4) is 0 Å². The summed E-state index contributed by atoms with van der Waals surface area (Å²) in [4.78, 5) is 0. The predicted molar refractivity (Wildman–Crippen MR) is 56.1 cm³/mol. The largest absolute Gasteiger partial charge is 0.396 e. The normalized spacial score (nSPS) is 13.6. The van der Waals surface area contributed by atoms with E-state index < -0.39 is 15.7 Å². The summed E-state index contributed by atoms with van der Waals surface area (Å²) in [7, 11) is -3.47. The van der Waals surface area contributed by atoms with Crippen molar-refractivity contribution in [1.29, 1.82) is 0 Å². The number of aliphatic hydroxyl groups is 1. The molecule has 0 aromatic rings. The van der Waals surface area contributed by atoms with Gasteiger partial charge in [-0.25, -0.2) is 0 Å². The van der Waals surface area contributed by atoms with E-state index in [9.17, 15) is 8.42 Å². The summed E-state index contributed by atoms with van der Waals surface area (Å²) in [6.07, 6.45) is 0.381. The first-order valence-corrected chi connectivity index (χ1v) is 6.09. The van der Waals surface area contributed by atoms with Crippen LogP contribution in [0.3, 0.4) is 0 Å². The van der Waals surface area contributed by atoms with Gasteiger partial charge in [-0.1, -0.05) is 0 Å². The molecular weight excluding hydrogens is 204 g/mol. The first-order valence-electron chi connectivity index (χ1n) is 4.60. The van der Waals surface area contributed by atoms with Crippen molar-refractivity contribution in [2.24, 2.45) is 0 Å². The summed E-state index contributed by atoms with van der Waals surface area (Å²) in [5.41, 5.74) is -0.629. The van der Waals surface area contributed by atoms with E-state index in [1.165, 1.54) is 0 Å². The monoisotopic (exact) mass is 224 g/mol. The van der Waals surface area contributed by atoms with Crippen LogP contribution in [0.2, 0.25) is 0 Å². The molecule has 0 radical (unpaired) electrons. The lowest BCUT2D eigenvalue weighted by molar-refractivity contribution is 0.245. The van der Waals surface area contributed by atoms with Crippen molar-refractivity contribution >= 4 is 10.2 Å². The molecule has 3 N–H and O–H groups in total. The third-order valence-corrected chi connectivity index (χ3v) is 3.14. The molecule has 0 bridgehead atoms. The summed E-state index contributed by atoms with van der Waals surface area (Å²) in [6.45, 7) is 6.90. The zero-order valence-corrected chi connectivity index (χ0v) is 9.98. The van der Waals surface area contributed by atoms with Gasteiger partial charge in [0.15, 0.2) is 0 Å². The molecule has 86 valence electrons. The Morgan fingerprint density at radius 2 is 1.86 bits per heavy atom. The fraction of sp³-hybridized carbons (Fsp3) is 1.00. The summed E-state index contributed by atoms with van der Waals surface area (Å²) in [5, 5.41) is 8.73. The standard InChI is InChI=1S/C8H20N2O3S/c1-7(2)9-14(12,13)10-8(3,4)5-6-11/h7,9-11H,5-6H2,1-4H3. The Hall–Kier alpha value is -0.170. The van der Waals surface area contributed by atoms with Gasteiger partial charge in [0, 0.05) is 18.2 Å². The Morgan fingerprint density at radius 3 is 2.21 bits per heavy atom. The average Bonchev–Trinajstić information content (AvgIpc) is 1.78. The maximum atomic E-state index is 11.4. The molecule has 0 aromatic carbocycles. The van der Waals surface area contributed by atoms with Crippen molar-refractivity contribution in [3.63, 3.8) is 0 Å². The molecule has 0 unspecified atom stereocenters. The lowest BCUT2D eigenvalue weighted by atomic mass is 10.0. The van der Waals surface area contributed by atoms with Crippen LogP contribution < -0.4 is 9.44 Å². The van der Waals surface area contributed by atoms with Gasteiger partial charge in [0.25, 0.3) is 10.2 Å². The number of hydrogen-bond acceptors (Lipinski definition) is 3. The van der Waals surface area contributed by atoms with E-state index in [0.717, 1.165) is 0 Å². The number of hydrogen-bond donors (Lipinski definition) is 3. The van der Waals surface area contributed by atoms with E-state index >= 15 is 0 Å². The molecule has 0 heterocycles. The highest BCUT2D eigenvalue weighted by molar-refractivity contribution is 7.87. The Bertz CT molecular complexity index is 260. The van der Waals surface area contributed by atoms with E-state index in [1.807, 2.05) is 0 Å². The lowest BCUT2D eigenvalue weighted by Gasteiger charge is -2.25. The zero-order valence-electron chi connectivity index (χ0n) is 9.16. The molecule has 0 aliphatic carbocycles. The van der Waals surface area contributed by atoms with E-state index in [1.54, 1.807) is 27.7 Å². The fourth-order valence-electron chi connectivity index (χ4n) is 1.03. The van der Waals surface area contributed by atoms with Crippen LogP contribution in [0.5, 0.6) is 0 Å². The van der Waals surface area contributed by atoms with Crippen molar-refractivity contribution < 1.29 is 13.5 Å². The summed E-state index contributed by atoms with van der Waals surface area (Å²) in [5.74, 6) is 0. The van der Waals surface area contributed by atoms with Gasteiger partial charge in [-0.3, -0.25) is 0 Å². The van der Waals surface area contributed by atoms with E-state index in [4.69, 9.17) is 5.11 Å².